The molecular weight excluding hydrogens is 359 g/mol. The molecule has 0 saturated carbocycles. The molecule has 6 nitrogen and oxygen atoms in total. The molecule has 2 N–H and O–H groups in total. The third-order valence-electron chi connectivity index (χ3n) is 4.30. The summed E-state index contributed by atoms with van der Waals surface area (Å²) in [6.07, 6.45) is 2.09. The number of carboxylic acids is 1. The molecule has 1 aliphatic heterocycles. The topological polar surface area (TPSA) is 86.7 Å². The highest BCUT2D eigenvalue weighted by atomic mass is 32.2. The molecule has 1 aliphatic rings. The molecule has 0 aromatic heterocycles. The van der Waals surface area contributed by atoms with Crippen LogP contribution in [-0.4, -0.2) is 52.0 Å². The molecule has 0 radical (unpaired) electrons. The lowest BCUT2D eigenvalue weighted by Crippen LogP contribution is -2.48. The first-order valence-electron chi connectivity index (χ1n) is 8.57. The van der Waals surface area contributed by atoms with Gasteiger partial charge in [-0.05, 0) is 24.1 Å². The van der Waals surface area contributed by atoms with Crippen molar-refractivity contribution in [3.63, 3.8) is 0 Å². The van der Waals surface area contributed by atoms with Crippen molar-refractivity contribution in [3.8, 4) is 0 Å². The zero-order chi connectivity index (χ0) is 19.1. The van der Waals surface area contributed by atoms with Crippen LogP contribution in [-0.2, 0) is 14.4 Å². The standard InChI is InChI=1S/C18H23FN2O4S/c1-2-3-4-16(22)21-11-26-10-15(21)17(23)20-9-14(18(24)25)12-5-7-13(19)8-6-12/h5-8,14-15H,2-4,9-11H2,1H3,(H,20,23)(H,24,25). The van der Waals surface area contributed by atoms with Gasteiger partial charge in [0.25, 0.3) is 0 Å². The molecule has 1 aromatic rings. The summed E-state index contributed by atoms with van der Waals surface area (Å²) in [6, 6.07) is 4.59. The minimum Gasteiger partial charge on any atom is -0.481 e. The van der Waals surface area contributed by atoms with Crippen LogP contribution in [0.4, 0.5) is 4.39 Å². The molecule has 2 atom stereocenters. The first kappa shape index (κ1) is 20.2. The Bertz CT molecular complexity index is 653. The number of carbonyl (C=O) groups excluding carboxylic acids is 2. The van der Waals surface area contributed by atoms with Crippen molar-refractivity contribution in [1.29, 1.82) is 0 Å². The van der Waals surface area contributed by atoms with E-state index >= 15 is 0 Å². The van der Waals surface area contributed by atoms with Crippen LogP contribution in [0.1, 0.15) is 37.7 Å². The molecule has 1 aromatic carbocycles. The predicted molar refractivity (Wildman–Crippen MR) is 97.3 cm³/mol. The normalized spacial score (nSPS) is 17.8. The molecule has 0 bridgehead atoms. The van der Waals surface area contributed by atoms with E-state index in [2.05, 4.69) is 5.32 Å². The number of rotatable bonds is 8. The second-order valence-electron chi connectivity index (χ2n) is 6.17. The fraction of sp³-hybridized carbons (Fsp3) is 0.500. The smallest absolute Gasteiger partial charge is 0.312 e. The third kappa shape index (κ3) is 5.20. The lowest BCUT2D eigenvalue weighted by Gasteiger charge is -2.24. The Morgan fingerprint density at radius 3 is 2.65 bits per heavy atom. The van der Waals surface area contributed by atoms with Gasteiger partial charge in [-0.15, -0.1) is 11.8 Å². The van der Waals surface area contributed by atoms with Gasteiger partial charge in [0, 0.05) is 18.7 Å². The number of aliphatic carboxylic acids is 1. The molecule has 0 aliphatic carbocycles. The number of nitrogens with one attached hydrogen (secondary N) is 1. The summed E-state index contributed by atoms with van der Waals surface area (Å²) in [5, 5.41) is 12.0. The molecule has 142 valence electrons. The highest BCUT2D eigenvalue weighted by Gasteiger charge is 2.34. The van der Waals surface area contributed by atoms with Gasteiger partial charge in [-0.25, -0.2) is 4.39 Å². The Hall–Kier alpha value is -2.09. The highest BCUT2D eigenvalue weighted by molar-refractivity contribution is 7.99. The van der Waals surface area contributed by atoms with Gasteiger partial charge in [0.2, 0.25) is 11.8 Å². The fourth-order valence-electron chi connectivity index (χ4n) is 2.74. The Labute approximate surface area is 156 Å². The second-order valence-corrected chi connectivity index (χ2v) is 7.17. The quantitative estimate of drug-likeness (QED) is 0.720. The van der Waals surface area contributed by atoms with Gasteiger partial charge in [-0.3, -0.25) is 14.4 Å². The number of thioether (sulfide) groups is 1. The monoisotopic (exact) mass is 382 g/mol. The molecule has 8 heteroatoms. The predicted octanol–water partition coefficient (Wildman–Crippen LogP) is 2.20. The van der Waals surface area contributed by atoms with Crippen molar-refractivity contribution in [2.24, 2.45) is 0 Å². The molecule has 1 saturated heterocycles. The van der Waals surface area contributed by atoms with Crippen LogP contribution < -0.4 is 5.32 Å². The summed E-state index contributed by atoms with van der Waals surface area (Å²) in [7, 11) is 0. The van der Waals surface area contributed by atoms with Crippen molar-refractivity contribution in [1.82, 2.24) is 10.2 Å². The maximum Gasteiger partial charge on any atom is 0.312 e. The Kier molecular flexibility index (Phi) is 7.44. The minimum atomic E-state index is -1.10. The lowest BCUT2D eigenvalue weighted by molar-refractivity contribution is -0.140. The van der Waals surface area contributed by atoms with Crippen molar-refractivity contribution < 1.29 is 23.9 Å². The molecule has 26 heavy (non-hydrogen) atoms. The first-order valence-corrected chi connectivity index (χ1v) is 9.72. The first-order chi connectivity index (χ1) is 12.4. The van der Waals surface area contributed by atoms with Crippen LogP contribution >= 0.6 is 11.8 Å². The number of hydrogen-bond donors (Lipinski definition) is 2. The Balaban J connectivity index is 1.97. The van der Waals surface area contributed by atoms with Crippen molar-refractivity contribution in [2.75, 3.05) is 18.2 Å². The van der Waals surface area contributed by atoms with E-state index in [9.17, 15) is 23.9 Å². The SMILES string of the molecule is CCCCC(=O)N1CSCC1C(=O)NCC(C(=O)O)c1ccc(F)cc1. The number of halogens is 1. The summed E-state index contributed by atoms with van der Waals surface area (Å²) >= 11 is 1.51. The van der Waals surface area contributed by atoms with Crippen LogP contribution in [0.5, 0.6) is 0 Å². The van der Waals surface area contributed by atoms with E-state index in [1.54, 1.807) is 4.90 Å². The lowest BCUT2D eigenvalue weighted by atomic mass is 9.99. The Morgan fingerprint density at radius 1 is 1.35 bits per heavy atom. The van der Waals surface area contributed by atoms with Gasteiger partial charge in [0.1, 0.15) is 11.9 Å². The number of unbranched alkanes of at least 4 members (excludes halogenated alkanes) is 1. The summed E-state index contributed by atoms with van der Waals surface area (Å²) in [5.41, 5.74) is 0.413. The maximum atomic E-state index is 13.0. The average Bonchev–Trinajstić information content (AvgIpc) is 3.10. The van der Waals surface area contributed by atoms with E-state index in [4.69, 9.17) is 0 Å². The van der Waals surface area contributed by atoms with Crippen LogP contribution in [0.3, 0.4) is 0 Å². The second kappa shape index (κ2) is 9.56. The van der Waals surface area contributed by atoms with E-state index in [0.717, 1.165) is 12.8 Å². The summed E-state index contributed by atoms with van der Waals surface area (Å²) in [5.74, 6) is -1.96. The fourth-order valence-corrected chi connectivity index (χ4v) is 3.92. The van der Waals surface area contributed by atoms with E-state index in [-0.39, 0.29) is 18.4 Å². The molecule has 2 amide bonds. The Morgan fingerprint density at radius 2 is 2.04 bits per heavy atom. The maximum absolute atomic E-state index is 13.0. The van der Waals surface area contributed by atoms with Crippen LogP contribution in [0.25, 0.3) is 0 Å². The van der Waals surface area contributed by atoms with Gasteiger partial charge in [-0.1, -0.05) is 25.5 Å². The van der Waals surface area contributed by atoms with Gasteiger partial charge < -0.3 is 15.3 Å². The van der Waals surface area contributed by atoms with Gasteiger partial charge >= 0.3 is 5.97 Å². The number of carbonyl (C=O) groups is 3. The summed E-state index contributed by atoms with van der Waals surface area (Å²) in [4.78, 5) is 37.8. The van der Waals surface area contributed by atoms with Crippen molar-refractivity contribution >= 4 is 29.5 Å². The van der Waals surface area contributed by atoms with Crippen LogP contribution in [0.2, 0.25) is 0 Å². The van der Waals surface area contributed by atoms with Crippen molar-refractivity contribution in [3.05, 3.63) is 35.6 Å². The molecule has 1 heterocycles. The molecular formula is C18H23FN2O4S. The largest absolute Gasteiger partial charge is 0.481 e. The van der Waals surface area contributed by atoms with Gasteiger partial charge in [0.15, 0.2) is 0 Å². The highest BCUT2D eigenvalue weighted by Crippen LogP contribution is 2.23. The van der Waals surface area contributed by atoms with Crippen molar-refractivity contribution in [2.45, 2.75) is 38.1 Å². The van der Waals surface area contributed by atoms with E-state index in [0.29, 0.717) is 23.6 Å². The molecule has 1 fully saturated rings. The van der Waals surface area contributed by atoms with Gasteiger partial charge in [-0.2, -0.15) is 0 Å². The van der Waals surface area contributed by atoms with E-state index < -0.39 is 23.7 Å². The molecule has 2 unspecified atom stereocenters. The zero-order valence-electron chi connectivity index (χ0n) is 14.6. The van der Waals surface area contributed by atoms with E-state index in [1.165, 1.54) is 36.0 Å². The van der Waals surface area contributed by atoms with Crippen LogP contribution in [0.15, 0.2) is 24.3 Å². The zero-order valence-corrected chi connectivity index (χ0v) is 15.4. The minimum absolute atomic E-state index is 0.0506. The van der Waals surface area contributed by atoms with Gasteiger partial charge in [0.05, 0.1) is 11.8 Å². The third-order valence-corrected chi connectivity index (χ3v) is 5.31. The number of benzene rings is 1. The summed E-state index contributed by atoms with van der Waals surface area (Å²) in [6.45, 7) is 1.88. The number of amides is 2. The number of carboxylic acid groups (broad SMARTS) is 1. The molecule has 2 rings (SSSR count). The summed E-state index contributed by atoms with van der Waals surface area (Å²) < 4.78 is 13.0. The van der Waals surface area contributed by atoms with Crippen LogP contribution in [0, 0.1) is 5.82 Å². The van der Waals surface area contributed by atoms with E-state index in [1.807, 2.05) is 6.92 Å². The number of hydrogen-bond acceptors (Lipinski definition) is 4. The average molecular weight is 382 g/mol. The molecule has 0 spiro atoms. The number of nitrogens with zero attached hydrogens (tertiary/aromatic N) is 1.